The van der Waals surface area contributed by atoms with Crippen molar-refractivity contribution in [3.63, 3.8) is 0 Å². The minimum absolute atomic E-state index is 0.00305. The van der Waals surface area contributed by atoms with Gasteiger partial charge in [-0.1, -0.05) is 128 Å². The number of aliphatic hydroxyl groups excluding tert-OH is 1. The molecule has 2 unspecified atom stereocenters. The number of piperazine rings is 1. The molecule has 0 radical (unpaired) electrons. The lowest BCUT2D eigenvalue weighted by molar-refractivity contribution is -0.144. The van der Waals surface area contributed by atoms with Gasteiger partial charge in [-0.2, -0.15) is 0 Å². The number of nitrogens with zero attached hydrogens (tertiary/aromatic N) is 4. The van der Waals surface area contributed by atoms with Crippen molar-refractivity contribution in [2.75, 3.05) is 24.5 Å². The van der Waals surface area contributed by atoms with Gasteiger partial charge in [0.05, 0.1) is 39.5 Å². The van der Waals surface area contributed by atoms with Gasteiger partial charge >= 0.3 is 0 Å². The van der Waals surface area contributed by atoms with Gasteiger partial charge in [-0.25, -0.2) is 13.8 Å². The number of benzene rings is 4. The van der Waals surface area contributed by atoms with E-state index < -0.39 is 35.2 Å². The number of carbonyl (C=O) groups excluding carboxylic acids is 3. The molecule has 5 N–H and O–H groups in total. The van der Waals surface area contributed by atoms with Crippen LogP contribution in [0.25, 0.3) is 43.2 Å². The molecule has 3 saturated heterocycles. The lowest BCUT2D eigenvalue weighted by atomic mass is 9.84. The summed E-state index contributed by atoms with van der Waals surface area (Å²) in [7, 11) is 0. The molecule has 4 aromatic carbocycles. The van der Waals surface area contributed by atoms with Gasteiger partial charge in [-0.15, -0.1) is 17.8 Å². The lowest BCUT2D eigenvalue weighted by Gasteiger charge is -2.36. The zero-order chi connectivity index (χ0) is 59.8. The summed E-state index contributed by atoms with van der Waals surface area (Å²) in [5.74, 6) is 1.63. The SMILES string of the molecule is C#Cc1c(F)ccc2cc(O)cc(-c3ncc4c(N5CC6CCC(C5)N6)cc(OC5CCC(CCCCCCCCCCCCCC(=O)N[C@@H](C(=O)N6C[C@H](O)C[C@H]6C(=O)NCc6ccc(-c7scnc7C)cc6)C(C)(C)C)CC5)cc4c3F)c12. The van der Waals surface area contributed by atoms with Crippen molar-refractivity contribution in [2.45, 2.75) is 199 Å². The molecule has 6 aromatic rings. The summed E-state index contributed by atoms with van der Waals surface area (Å²) >= 11 is 1.59. The molecule has 3 amide bonds. The van der Waals surface area contributed by atoms with Crippen molar-refractivity contribution in [1.82, 2.24) is 30.8 Å². The van der Waals surface area contributed by atoms with Gasteiger partial charge in [-0.05, 0) is 104 Å². The minimum atomic E-state index is -0.840. The third-order valence-corrected chi connectivity index (χ3v) is 19.2. The number of rotatable bonds is 24. The number of ether oxygens (including phenoxy) is 1. The number of aromatic nitrogens is 2. The Kier molecular flexibility index (Phi) is 20.1. The van der Waals surface area contributed by atoms with Crippen molar-refractivity contribution in [3.05, 3.63) is 101 Å². The molecule has 2 bridgehead atoms. The maximum Gasteiger partial charge on any atom is 0.246 e. The summed E-state index contributed by atoms with van der Waals surface area (Å²) in [4.78, 5) is 54.8. The van der Waals surface area contributed by atoms with Crippen molar-refractivity contribution in [2.24, 2.45) is 11.3 Å². The lowest BCUT2D eigenvalue weighted by Crippen LogP contribution is -2.57. The summed E-state index contributed by atoms with van der Waals surface area (Å²) in [6.07, 6.45) is 27.2. The summed E-state index contributed by atoms with van der Waals surface area (Å²) in [5.41, 5.74) is 5.30. The van der Waals surface area contributed by atoms with Crippen LogP contribution in [0.3, 0.4) is 0 Å². The van der Waals surface area contributed by atoms with Crippen molar-refractivity contribution < 1.29 is 38.1 Å². The quantitative estimate of drug-likeness (QED) is 0.0290. The highest BCUT2D eigenvalue weighted by molar-refractivity contribution is 7.13. The first kappa shape index (κ1) is 61.4. The molecule has 1 saturated carbocycles. The van der Waals surface area contributed by atoms with E-state index in [1.54, 1.807) is 23.6 Å². The van der Waals surface area contributed by atoms with Gasteiger partial charge in [-0.3, -0.25) is 19.4 Å². The van der Waals surface area contributed by atoms with Crippen molar-refractivity contribution >= 4 is 56.3 Å². The summed E-state index contributed by atoms with van der Waals surface area (Å²) < 4.78 is 39.0. The average Bonchev–Trinajstić information content (AvgIpc) is 1.72. The third-order valence-electron chi connectivity index (χ3n) is 18.2. The Bertz CT molecular complexity index is 3360. The molecule has 0 spiro atoms. The first-order chi connectivity index (χ1) is 41.0. The zero-order valence-corrected chi connectivity index (χ0v) is 50.8. The molecule has 13 nitrogen and oxygen atoms in total. The van der Waals surface area contributed by atoms with Crippen LogP contribution in [0.2, 0.25) is 0 Å². The number of hydrogen-bond acceptors (Lipinski definition) is 11. The van der Waals surface area contributed by atoms with Crippen molar-refractivity contribution in [1.29, 1.82) is 0 Å². The van der Waals surface area contributed by atoms with Gasteiger partial charge in [0.1, 0.15) is 35.1 Å². The molecule has 1 aliphatic carbocycles. The van der Waals surface area contributed by atoms with E-state index in [0.29, 0.717) is 51.7 Å². The molecule has 85 heavy (non-hydrogen) atoms. The molecule has 4 fully saturated rings. The number of anilines is 1. The molecule has 452 valence electrons. The summed E-state index contributed by atoms with van der Waals surface area (Å²) in [6.45, 7) is 9.64. The predicted octanol–water partition coefficient (Wildman–Crippen LogP) is 13.2. The molecule has 5 atom stereocenters. The molecule has 5 heterocycles. The number of hydrogen-bond donors (Lipinski definition) is 5. The van der Waals surface area contributed by atoms with Crippen LogP contribution in [-0.2, 0) is 20.9 Å². The van der Waals surface area contributed by atoms with Crippen LogP contribution in [0.4, 0.5) is 14.5 Å². The molecule has 4 aliphatic rings. The number of pyridine rings is 1. The number of halogens is 2. The maximum absolute atomic E-state index is 17.2. The highest BCUT2D eigenvalue weighted by atomic mass is 32.1. The molecule has 10 rings (SSSR count). The van der Waals surface area contributed by atoms with Crippen LogP contribution in [0.15, 0.2) is 72.4 Å². The Morgan fingerprint density at radius 2 is 1.53 bits per heavy atom. The predicted molar refractivity (Wildman–Crippen MR) is 334 cm³/mol. The largest absolute Gasteiger partial charge is 0.508 e. The molecule has 2 aromatic heterocycles. The maximum atomic E-state index is 17.2. The van der Waals surface area contributed by atoms with Gasteiger partial charge < -0.3 is 40.7 Å². The Hall–Kier alpha value is -6.67. The molecular formula is C69H85F2N7O6S. The van der Waals surface area contributed by atoms with E-state index >= 15 is 8.78 Å². The van der Waals surface area contributed by atoms with E-state index in [9.17, 15) is 24.6 Å². The van der Waals surface area contributed by atoms with Gasteiger partial charge in [0.2, 0.25) is 17.7 Å². The van der Waals surface area contributed by atoms with Crippen LogP contribution in [0.5, 0.6) is 11.5 Å². The fraction of sp³-hybridized carbons (Fsp3) is 0.522. The second-order valence-corrected chi connectivity index (χ2v) is 26.5. The Balaban J connectivity index is 0.612. The average molecular weight is 1180 g/mol. The number of phenolic OH excluding ortho intramolecular Hbond substituents is 1. The monoisotopic (exact) mass is 1180 g/mol. The van der Waals surface area contributed by atoms with E-state index in [-0.39, 0.29) is 65.9 Å². The van der Waals surface area contributed by atoms with Crippen molar-refractivity contribution in [3.8, 4) is 45.5 Å². The number of fused-ring (bicyclic) bond motifs is 4. The fourth-order valence-electron chi connectivity index (χ4n) is 13.6. The van der Waals surface area contributed by atoms with Crippen LogP contribution in [0.1, 0.15) is 166 Å². The number of unbranched alkanes of at least 4 members (excludes halogenated alkanes) is 10. The molecular weight excluding hydrogens is 1090 g/mol. The molecule has 3 aliphatic heterocycles. The second kappa shape index (κ2) is 27.8. The summed E-state index contributed by atoms with van der Waals surface area (Å²) in [5, 5.41) is 32.9. The summed E-state index contributed by atoms with van der Waals surface area (Å²) in [6, 6.07) is 16.6. The number of β-amino-alcohol motifs (C(OH)–C–C–N with tert-alkyl or cyclic N) is 1. The van der Waals surface area contributed by atoms with E-state index in [2.05, 4.69) is 42.8 Å². The fourth-order valence-corrected chi connectivity index (χ4v) is 14.4. The topological polar surface area (TPSA) is 169 Å². The number of aryl methyl sites for hydroxylation is 1. The number of amides is 3. The van der Waals surface area contributed by atoms with Crippen LogP contribution >= 0.6 is 11.3 Å². The Morgan fingerprint density at radius 1 is 0.847 bits per heavy atom. The van der Waals surface area contributed by atoms with E-state index in [1.165, 1.54) is 80.5 Å². The number of carbonyl (C=O) groups is 3. The highest BCUT2D eigenvalue weighted by Crippen LogP contribution is 2.43. The highest BCUT2D eigenvalue weighted by Gasteiger charge is 2.44. The van der Waals surface area contributed by atoms with Gasteiger partial charge in [0, 0.05) is 85.1 Å². The van der Waals surface area contributed by atoms with E-state index in [0.717, 1.165) is 105 Å². The van der Waals surface area contributed by atoms with Gasteiger partial charge in [0.15, 0.2) is 5.82 Å². The first-order valence-corrected chi connectivity index (χ1v) is 32.2. The minimum Gasteiger partial charge on any atom is -0.508 e. The smallest absolute Gasteiger partial charge is 0.246 e. The number of likely N-dealkylation sites (tertiary alicyclic amines) is 1. The number of aromatic hydroxyl groups is 1. The van der Waals surface area contributed by atoms with Crippen LogP contribution in [0, 0.1) is 42.2 Å². The Labute approximate surface area is 504 Å². The zero-order valence-electron chi connectivity index (χ0n) is 50.0. The number of terminal acetylenes is 1. The number of nitrogens with one attached hydrogen (secondary N) is 3. The van der Waals surface area contributed by atoms with Crippen LogP contribution < -0.4 is 25.6 Å². The number of phenols is 1. The Morgan fingerprint density at radius 3 is 2.19 bits per heavy atom. The second-order valence-electron chi connectivity index (χ2n) is 25.7. The first-order valence-electron chi connectivity index (χ1n) is 31.3. The van der Waals surface area contributed by atoms with Crippen LogP contribution in [-0.4, -0.2) is 98.8 Å². The molecule has 16 heteroatoms. The number of aliphatic hydroxyl groups is 1. The van der Waals surface area contributed by atoms with Gasteiger partial charge in [0.25, 0.3) is 0 Å². The normalized spacial score (nSPS) is 20.9. The van der Waals surface area contributed by atoms with E-state index in [4.69, 9.17) is 11.2 Å². The number of thiazole rings is 1. The van der Waals surface area contributed by atoms with E-state index in [1.807, 2.05) is 57.5 Å². The third kappa shape index (κ3) is 14.9. The standard InChI is InChI=1S/C69H85F2N7O6S/c1-6-54-58(70)31-26-47-32-50(79)33-56(62(47)54)64-63(71)55-35-53(36-59(57(55)38-72-64)77-39-48-27-28-49(40-77)75-48)84-52-29-22-44(23-30-52)18-16-14-12-10-8-7-9-11-13-15-17-19-61(81)76-66(69(3,4)5)68(83)78-41-51(80)34-60(78)67(82)73-37-45-20-24-46(25-21-45)65-43(2)74-42-85-65/h1,20-21,24-26,31-33,35-36,38,42,44,48-49,51-52,60,66,75,79-80H,7-19,22-23,27-30,34,37,39-41H2,2-5H3,(H,73,82)(H,76,81)/t44?,48?,49?,51-,52?,60+,66+/m1/s1.